The summed E-state index contributed by atoms with van der Waals surface area (Å²) in [5.74, 6) is 1.66. The molecule has 1 fully saturated rings. The van der Waals surface area contributed by atoms with Gasteiger partial charge < -0.3 is 5.32 Å². The molecule has 2 rings (SSSR count). The van der Waals surface area contributed by atoms with Crippen molar-refractivity contribution in [2.45, 2.75) is 52.6 Å². The van der Waals surface area contributed by atoms with Crippen molar-refractivity contribution < 1.29 is 0 Å². The molecular weight excluding hydrogens is 200 g/mol. The van der Waals surface area contributed by atoms with Gasteiger partial charge in [-0.1, -0.05) is 20.8 Å². The Kier molecular flexibility index (Phi) is 3.02. The van der Waals surface area contributed by atoms with E-state index >= 15 is 0 Å². The Balaban J connectivity index is 1.95. The molecule has 3 atom stereocenters. The summed E-state index contributed by atoms with van der Waals surface area (Å²) in [6.45, 7) is 9.17. The molecule has 4 heteroatoms. The predicted molar refractivity (Wildman–Crippen MR) is 63.9 cm³/mol. The van der Waals surface area contributed by atoms with Crippen LogP contribution in [0.3, 0.4) is 0 Å². The van der Waals surface area contributed by atoms with Gasteiger partial charge in [0.1, 0.15) is 12.2 Å². The molecule has 16 heavy (non-hydrogen) atoms. The van der Waals surface area contributed by atoms with Gasteiger partial charge in [0, 0.05) is 6.04 Å². The lowest BCUT2D eigenvalue weighted by molar-refractivity contribution is 0.354. The van der Waals surface area contributed by atoms with Gasteiger partial charge in [0.05, 0.1) is 6.04 Å². The van der Waals surface area contributed by atoms with Crippen LogP contribution in [0.25, 0.3) is 0 Å². The zero-order chi connectivity index (χ0) is 11.8. The molecular formula is C12H22N4. The molecule has 90 valence electrons. The fraction of sp³-hybridized carbons (Fsp3) is 0.833. The molecule has 2 N–H and O–H groups in total. The van der Waals surface area contributed by atoms with Gasteiger partial charge in [0.2, 0.25) is 0 Å². The highest BCUT2D eigenvalue weighted by Gasteiger charge is 2.37. The maximum atomic E-state index is 4.19. The lowest BCUT2D eigenvalue weighted by Gasteiger charge is -2.22. The van der Waals surface area contributed by atoms with E-state index in [1.165, 1.54) is 12.8 Å². The number of nitrogens with one attached hydrogen (secondary N) is 2. The molecule has 3 unspecified atom stereocenters. The van der Waals surface area contributed by atoms with Gasteiger partial charge in [-0.2, -0.15) is 5.10 Å². The Morgan fingerprint density at radius 2 is 2.25 bits per heavy atom. The molecule has 0 bridgehead atoms. The molecule has 1 heterocycles. The Hall–Kier alpha value is -0.900. The number of hydrogen-bond donors (Lipinski definition) is 2. The van der Waals surface area contributed by atoms with Crippen molar-refractivity contribution in [3.63, 3.8) is 0 Å². The van der Waals surface area contributed by atoms with Gasteiger partial charge in [-0.05, 0) is 31.1 Å². The molecule has 1 aromatic heterocycles. The largest absolute Gasteiger partial charge is 0.304 e. The van der Waals surface area contributed by atoms with Gasteiger partial charge in [-0.3, -0.25) is 5.10 Å². The van der Waals surface area contributed by atoms with E-state index in [1.807, 2.05) is 0 Å². The van der Waals surface area contributed by atoms with Gasteiger partial charge in [0.25, 0.3) is 0 Å². The van der Waals surface area contributed by atoms with Gasteiger partial charge in [0.15, 0.2) is 0 Å². The molecule has 0 aromatic carbocycles. The van der Waals surface area contributed by atoms with Gasteiger partial charge >= 0.3 is 0 Å². The molecule has 4 nitrogen and oxygen atoms in total. The van der Waals surface area contributed by atoms with E-state index in [0.717, 1.165) is 11.7 Å². The Morgan fingerprint density at radius 1 is 1.50 bits per heavy atom. The molecule has 0 saturated heterocycles. The molecule has 0 radical (unpaired) electrons. The van der Waals surface area contributed by atoms with Crippen molar-refractivity contribution in [1.82, 2.24) is 20.5 Å². The van der Waals surface area contributed by atoms with Gasteiger partial charge in [-0.25, -0.2) is 4.98 Å². The first-order valence-electron chi connectivity index (χ1n) is 6.09. The molecule has 1 aliphatic rings. The normalized spacial score (nSPS) is 30.5. The van der Waals surface area contributed by atoms with Crippen LogP contribution in [-0.2, 0) is 0 Å². The third-order valence-corrected chi connectivity index (χ3v) is 3.64. The lowest BCUT2D eigenvalue weighted by atomic mass is 9.91. The summed E-state index contributed by atoms with van der Waals surface area (Å²) in [7, 11) is 0. The molecule has 0 amide bonds. The second-order valence-electron chi connectivity index (χ2n) is 5.92. The first-order valence-corrected chi connectivity index (χ1v) is 6.09. The fourth-order valence-corrected chi connectivity index (χ4v) is 2.94. The van der Waals surface area contributed by atoms with Crippen LogP contribution >= 0.6 is 0 Å². The van der Waals surface area contributed by atoms with E-state index in [2.05, 4.69) is 48.2 Å². The zero-order valence-corrected chi connectivity index (χ0v) is 10.6. The topological polar surface area (TPSA) is 53.6 Å². The van der Waals surface area contributed by atoms with Crippen LogP contribution in [-0.4, -0.2) is 21.2 Å². The van der Waals surface area contributed by atoms with Crippen molar-refractivity contribution in [2.75, 3.05) is 0 Å². The van der Waals surface area contributed by atoms with E-state index in [0.29, 0.717) is 11.5 Å². The fourth-order valence-electron chi connectivity index (χ4n) is 2.94. The summed E-state index contributed by atoms with van der Waals surface area (Å²) in [5, 5.41) is 10.5. The minimum atomic E-state index is 0.254. The molecule has 1 aliphatic carbocycles. The van der Waals surface area contributed by atoms with Crippen LogP contribution in [0.5, 0.6) is 0 Å². The second-order valence-corrected chi connectivity index (χ2v) is 5.92. The maximum Gasteiger partial charge on any atom is 0.141 e. The molecule has 1 saturated carbocycles. The molecule has 0 spiro atoms. The van der Waals surface area contributed by atoms with Crippen LogP contribution in [0.4, 0.5) is 0 Å². The quantitative estimate of drug-likeness (QED) is 0.825. The average molecular weight is 222 g/mol. The van der Waals surface area contributed by atoms with Gasteiger partial charge in [-0.15, -0.1) is 0 Å². The average Bonchev–Trinajstić information content (AvgIpc) is 2.74. The Morgan fingerprint density at radius 3 is 2.75 bits per heavy atom. The van der Waals surface area contributed by atoms with E-state index in [4.69, 9.17) is 0 Å². The van der Waals surface area contributed by atoms with E-state index < -0.39 is 0 Å². The zero-order valence-electron chi connectivity index (χ0n) is 10.6. The Labute approximate surface area is 97.2 Å². The van der Waals surface area contributed by atoms with Crippen LogP contribution < -0.4 is 5.32 Å². The highest BCUT2D eigenvalue weighted by atomic mass is 15.2. The molecule has 1 aromatic rings. The summed E-state index contributed by atoms with van der Waals surface area (Å²) in [4.78, 5) is 4.19. The smallest absolute Gasteiger partial charge is 0.141 e. The van der Waals surface area contributed by atoms with Crippen molar-refractivity contribution in [2.24, 2.45) is 11.3 Å². The summed E-state index contributed by atoms with van der Waals surface area (Å²) in [6.07, 6.45) is 4.11. The maximum absolute atomic E-state index is 4.19. The number of nitrogens with zero attached hydrogens (tertiary/aromatic N) is 2. The van der Waals surface area contributed by atoms with Crippen LogP contribution in [0.15, 0.2) is 6.33 Å². The number of H-pyrrole nitrogens is 1. The van der Waals surface area contributed by atoms with E-state index in [9.17, 15) is 0 Å². The van der Waals surface area contributed by atoms with Crippen molar-refractivity contribution >= 4 is 0 Å². The van der Waals surface area contributed by atoms with Crippen LogP contribution in [0.1, 0.15) is 52.4 Å². The standard InChI is InChI=1S/C12H22N4/c1-8-5-12(3,4)6-10(8)15-9(2)11-13-7-14-16-11/h7-10,15H,5-6H2,1-4H3,(H,13,14,16). The summed E-state index contributed by atoms with van der Waals surface area (Å²) < 4.78 is 0. The predicted octanol–water partition coefficient (Wildman–Crippen LogP) is 2.28. The van der Waals surface area contributed by atoms with Crippen molar-refractivity contribution in [1.29, 1.82) is 0 Å². The number of rotatable bonds is 3. The highest BCUT2D eigenvalue weighted by molar-refractivity contribution is 4.96. The third kappa shape index (κ3) is 2.43. The first kappa shape index (κ1) is 11.6. The van der Waals surface area contributed by atoms with Crippen molar-refractivity contribution in [3.05, 3.63) is 12.2 Å². The lowest BCUT2D eigenvalue weighted by Crippen LogP contribution is -2.34. The number of aromatic nitrogens is 3. The Bertz CT molecular complexity index is 331. The van der Waals surface area contributed by atoms with Crippen molar-refractivity contribution in [3.8, 4) is 0 Å². The van der Waals surface area contributed by atoms with Crippen LogP contribution in [0, 0.1) is 11.3 Å². The summed E-state index contributed by atoms with van der Waals surface area (Å²) >= 11 is 0. The number of aromatic amines is 1. The summed E-state index contributed by atoms with van der Waals surface area (Å²) in [5.41, 5.74) is 0.470. The highest BCUT2D eigenvalue weighted by Crippen LogP contribution is 2.41. The van der Waals surface area contributed by atoms with Crippen LogP contribution in [0.2, 0.25) is 0 Å². The molecule has 0 aliphatic heterocycles. The third-order valence-electron chi connectivity index (χ3n) is 3.64. The number of hydrogen-bond acceptors (Lipinski definition) is 3. The minimum absolute atomic E-state index is 0.254. The minimum Gasteiger partial charge on any atom is -0.304 e. The second kappa shape index (κ2) is 4.17. The van der Waals surface area contributed by atoms with E-state index in [1.54, 1.807) is 6.33 Å². The first-order chi connectivity index (χ1) is 7.48. The van der Waals surface area contributed by atoms with E-state index in [-0.39, 0.29) is 6.04 Å². The summed E-state index contributed by atoms with van der Waals surface area (Å²) in [6, 6.07) is 0.846. The monoisotopic (exact) mass is 222 g/mol. The SMILES string of the molecule is CC(NC1CC(C)(C)CC1C)c1ncn[nH]1.